The standard InChI is InChI=1S/C16H15F2NO6S2/c17-15-6-1-12(11-16(15)18)25-27(22,23)14-4-2-13(3-5-14)26(20,21)19-7-9-24-10-8-19/h1-6,11H,7-10H2. The highest BCUT2D eigenvalue weighted by Crippen LogP contribution is 2.23. The van der Waals surface area contributed by atoms with E-state index in [4.69, 9.17) is 8.92 Å². The topological polar surface area (TPSA) is 90.0 Å². The van der Waals surface area contributed by atoms with Crippen molar-refractivity contribution in [3.63, 3.8) is 0 Å². The summed E-state index contributed by atoms with van der Waals surface area (Å²) >= 11 is 0. The number of nitrogens with zero attached hydrogens (tertiary/aromatic N) is 1. The maximum Gasteiger partial charge on any atom is 0.339 e. The molecule has 0 amide bonds. The van der Waals surface area contributed by atoms with Gasteiger partial charge < -0.3 is 8.92 Å². The minimum absolute atomic E-state index is 0.0730. The zero-order chi connectivity index (χ0) is 19.7. The highest BCUT2D eigenvalue weighted by atomic mass is 32.2. The summed E-state index contributed by atoms with van der Waals surface area (Å²) in [4.78, 5) is -0.399. The van der Waals surface area contributed by atoms with E-state index in [1.807, 2.05) is 0 Å². The van der Waals surface area contributed by atoms with Gasteiger partial charge in [0.2, 0.25) is 10.0 Å². The number of hydrogen-bond acceptors (Lipinski definition) is 6. The van der Waals surface area contributed by atoms with Crippen LogP contribution in [0.25, 0.3) is 0 Å². The predicted octanol–water partition coefficient (Wildman–Crippen LogP) is 1.75. The van der Waals surface area contributed by atoms with E-state index in [1.165, 1.54) is 4.31 Å². The summed E-state index contributed by atoms with van der Waals surface area (Å²) < 4.78 is 86.8. The summed E-state index contributed by atoms with van der Waals surface area (Å²) in [6, 6.07) is 6.74. The zero-order valence-corrected chi connectivity index (χ0v) is 15.5. The predicted molar refractivity (Wildman–Crippen MR) is 90.2 cm³/mol. The first-order valence-corrected chi connectivity index (χ1v) is 10.6. The second kappa shape index (κ2) is 7.50. The number of ether oxygens (including phenoxy) is 1. The van der Waals surface area contributed by atoms with E-state index in [2.05, 4.69) is 0 Å². The number of morpholine rings is 1. The fourth-order valence-electron chi connectivity index (χ4n) is 2.42. The van der Waals surface area contributed by atoms with Gasteiger partial charge in [0.1, 0.15) is 10.6 Å². The van der Waals surface area contributed by atoms with E-state index in [0.29, 0.717) is 6.07 Å². The molecule has 7 nitrogen and oxygen atoms in total. The lowest BCUT2D eigenvalue weighted by Gasteiger charge is -2.26. The summed E-state index contributed by atoms with van der Waals surface area (Å²) in [6.45, 7) is 0.991. The summed E-state index contributed by atoms with van der Waals surface area (Å²) in [5.74, 6) is -2.80. The van der Waals surface area contributed by atoms with Crippen LogP contribution in [0.5, 0.6) is 5.75 Å². The minimum Gasteiger partial charge on any atom is -0.379 e. The first kappa shape index (κ1) is 19.7. The lowest BCUT2D eigenvalue weighted by molar-refractivity contribution is 0.0730. The molecule has 0 radical (unpaired) electrons. The van der Waals surface area contributed by atoms with Gasteiger partial charge in [0, 0.05) is 19.2 Å². The monoisotopic (exact) mass is 419 g/mol. The number of sulfonamides is 1. The molecule has 1 aliphatic rings. The first-order valence-electron chi connectivity index (χ1n) is 7.78. The smallest absolute Gasteiger partial charge is 0.339 e. The summed E-state index contributed by atoms with van der Waals surface area (Å²) in [5.41, 5.74) is 0. The molecule has 0 atom stereocenters. The van der Waals surface area contributed by atoms with Gasteiger partial charge in [-0.1, -0.05) is 0 Å². The molecule has 1 fully saturated rings. The first-order chi connectivity index (χ1) is 12.7. The molecule has 2 aromatic rings. The Morgan fingerprint density at radius 3 is 2.04 bits per heavy atom. The Labute approximate surface area is 155 Å². The minimum atomic E-state index is -4.35. The SMILES string of the molecule is O=S(=O)(Oc1ccc(F)c(F)c1)c1ccc(S(=O)(=O)N2CCOCC2)cc1. The molecule has 27 heavy (non-hydrogen) atoms. The number of hydrogen-bond donors (Lipinski definition) is 0. The van der Waals surface area contributed by atoms with Crippen LogP contribution < -0.4 is 4.18 Å². The van der Waals surface area contributed by atoms with Crippen molar-refractivity contribution in [3.05, 3.63) is 54.1 Å². The molecule has 0 aliphatic carbocycles. The molecule has 0 saturated carbocycles. The molecular formula is C16H15F2NO6S2. The Morgan fingerprint density at radius 2 is 1.44 bits per heavy atom. The number of halogens is 2. The third-order valence-electron chi connectivity index (χ3n) is 3.82. The zero-order valence-electron chi connectivity index (χ0n) is 13.8. The van der Waals surface area contributed by atoms with E-state index in [9.17, 15) is 25.6 Å². The molecule has 1 saturated heterocycles. The van der Waals surface area contributed by atoms with Gasteiger partial charge in [0.05, 0.1) is 18.1 Å². The molecule has 146 valence electrons. The van der Waals surface area contributed by atoms with Gasteiger partial charge in [0.15, 0.2) is 11.6 Å². The summed E-state index contributed by atoms with van der Waals surface area (Å²) in [5, 5.41) is 0. The van der Waals surface area contributed by atoms with Gasteiger partial charge in [-0.25, -0.2) is 17.2 Å². The van der Waals surface area contributed by atoms with Crippen LogP contribution in [0.4, 0.5) is 8.78 Å². The van der Waals surface area contributed by atoms with Crippen molar-refractivity contribution >= 4 is 20.1 Å². The van der Waals surface area contributed by atoms with Gasteiger partial charge in [-0.15, -0.1) is 0 Å². The summed E-state index contributed by atoms with van der Waals surface area (Å²) in [6.07, 6.45) is 0. The van der Waals surface area contributed by atoms with Crippen molar-refractivity contribution in [1.29, 1.82) is 0 Å². The van der Waals surface area contributed by atoms with Gasteiger partial charge in [-0.2, -0.15) is 12.7 Å². The van der Waals surface area contributed by atoms with Crippen molar-refractivity contribution in [2.45, 2.75) is 9.79 Å². The average molecular weight is 419 g/mol. The maximum absolute atomic E-state index is 13.2. The third kappa shape index (κ3) is 4.26. The number of benzene rings is 2. The lowest BCUT2D eigenvalue weighted by Crippen LogP contribution is -2.40. The molecule has 11 heteroatoms. The van der Waals surface area contributed by atoms with Crippen LogP contribution in [-0.4, -0.2) is 47.4 Å². The van der Waals surface area contributed by atoms with Crippen molar-refractivity contribution < 1.29 is 34.5 Å². The highest BCUT2D eigenvalue weighted by molar-refractivity contribution is 7.89. The maximum atomic E-state index is 13.2. The normalized spacial score (nSPS) is 16.2. The Hall–Kier alpha value is -2.08. The van der Waals surface area contributed by atoms with Crippen LogP contribution >= 0.6 is 0 Å². The van der Waals surface area contributed by atoms with E-state index in [0.717, 1.165) is 36.4 Å². The van der Waals surface area contributed by atoms with E-state index in [-0.39, 0.29) is 36.1 Å². The highest BCUT2D eigenvalue weighted by Gasteiger charge is 2.27. The summed E-state index contributed by atoms with van der Waals surface area (Å²) in [7, 11) is -8.11. The van der Waals surface area contributed by atoms with Crippen LogP contribution in [0, 0.1) is 11.6 Å². The van der Waals surface area contributed by atoms with Crippen LogP contribution in [0.3, 0.4) is 0 Å². The Morgan fingerprint density at radius 1 is 0.852 bits per heavy atom. The van der Waals surface area contributed by atoms with Crippen LogP contribution in [-0.2, 0) is 24.9 Å². The van der Waals surface area contributed by atoms with Gasteiger partial charge in [-0.3, -0.25) is 0 Å². The largest absolute Gasteiger partial charge is 0.379 e. The molecule has 0 bridgehead atoms. The molecule has 0 aromatic heterocycles. The van der Waals surface area contributed by atoms with Crippen molar-refractivity contribution in [3.8, 4) is 5.75 Å². The van der Waals surface area contributed by atoms with Crippen molar-refractivity contribution in [2.75, 3.05) is 26.3 Å². The van der Waals surface area contributed by atoms with Gasteiger partial charge in [0.25, 0.3) is 0 Å². The number of rotatable bonds is 5. The molecule has 3 rings (SSSR count). The van der Waals surface area contributed by atoms with Gasteiger partial charge >= 0.3 is 10.1 Å². The Bertz CT molecular complexity index is 1030. The third-order valence-corrected chi connectivity index (χ3v) is 6.99. The van der Waals surface area contributed by atoms with Crippen LogP contribution in [0.1, 0.15) is 0 Å². The molecule has 0 spiro atoms. The molecule has 2 aromatic carbocycles. The van der Waals surface area contributed by atoms with E-state index in [1.54, 1.807) is 0 Å². The van der Waals surface area contributed by atoms with Crippen molar-refractivity contribution in [2.24, 2.45) is 0 Å². The Kier molecular flexibility index (Phi) is 5.47. The second-order valence-corrected chi connectivity index (χ2v) is 9.09. The molecule has 0 unspecified atom stereocenters. The molecule has 1 aliphatic heterocycles. The molecule has 1 heterocycles. The Balaban J connectivity index is 1.82. The van der Waals surface area contributed by atoms with Crippen LogP contribution in [0.2, 0.25) is 0 Å². The van der Waals surface area contributed by atoms with Crippen molar-refractivity contribution in [1.82, 2.24) is 4.31 Å². The van der Waals surface area contributed by atoms with E-state index < -0.39 is 37.5 Å². The lowest BCUT2D eigenvalue weighted by atomic mass is 10.3. The average Bonchev–Trinajstić information content (AvgIpc) is 2.65. The fraction of sp³-hybridized carbons (Fsp3) is 0.250. The molecule has 0 N–H and O–H groups in total. The van der Waals surface area contributed by atoms with E-state index >= 15 is 0 Å². The molecular weight excluding hydrogens is 404 g/mol. The fourth-order valence-corrected chi connectivity index (χ4v) is 4.75. The van der Waals surface area contributed by atoms with Crippen LogP contribution in [0.15, 0.2) is 52.3 Å². The van der Waals surface area contributed by atoms with Gasteiger partial charge in [-0.05, 0) is 36.4 Å². The second-order valence-electron chi connectivity index (χ2n) is 5.60. The quantitative estimate of drug-likeness (QED) is 0.686.